The average Bonchev–Trinajstić information content (AvgIpc) is 2.85. The molecule has 0 aliphatic carbocycles. The molecule has 0 bridgehead atoms. The fourth-order valence-corrected chi connectivity index (χ4v) is 5.28. The number of anilines is 2. The minimum atomic E-state index is -0.103. The van der Waals surface area contributed by atoms with Crippen molar-refractivity contribution in [2.75, 3.05) is 49.5 Å². The molecule has 0 radical (unpaired) electrons. The highest BCUT2D eigenvalue weighted by molar-refractivity contribution is 6.33. The summed E-state index contributed by atoms with van der Waals surface area (Å²) in [6.45, 7) is 7.78. The van der Waals surface area contributed by atoms with Crippen LogP contribution in [-0.2, 0) is 13.0 Å². The predicted octanol–water partition coefficient (Wildman–Crippen LogP) is 3.61. The van der Waals surface area contributed by atoms with Crippen LogP contribution in [0.2, 0.25) is 5.02 Å². The number of piperazine rings is 1. The van der Waals surface area contributed by atoms with Crippen LogP contribution in [0.25, 0.3) is 10.9 Å². The van der Waals surface area contributed by atoms with E-state index in [9.17, 15) is 9.59 Å². The summed E-state index contributed by atoms with van der Waals surface area (Å²) < 4.78 is 0. The minimum absolute atomic E-state index is 0.0236. The first-order valence-electron chi connectivity index (χ1n) is 12.0. The van der Waals surface area contributed by atoms with Gasteiger partial charge in [0.05, 0.1) is 21.9 Å². The Hall–Kier alpha value is -3.03. The molecule has 0 saturated carbocycles. The zero-order valence-corrected chi connectivity index (χ0v) is 20.2. The third-order valence-electron chi connectivity index (χ3n) is 6.75. The summed E-state index contributed by atoms with van der Waals surface area (Å²) in [6.07, 6.45) is 1.83. The number of nitrogens with zero attached hydrogens (tertiary/aromatic N) is 2. The first-order chi connectivity index (χ1) is 16.5. The Morgan fingerprint density at radius 1 is 1.12 bits per heavy atom. The van der Waals surface area contributed by atoms with Crippen LogP contribution in [-0.4, -0.2) is 55.1 Å². The predicted molar refractivity (Wildman–Crippen MR) is 138 cm³/mol. The molecule has 178 valence electrons. The minimum Gasteiger partial charge on any atom is -0.384 e. The lowest BCUT2D eigenvalue weighted by molar-refractivity contribution is 0.0956. The second kappa shape index (κ2) is 9.68. The lowest BCUT2D eigenvalue weighted by atomic mass is 10.0. The Labute approximate surface area is 204 Å². The maximum absolute atomic E-state index is 12.5. The van der Waals surface area contributed by atoms with Crippen LogP contribution in [0.5, 0.6) is 0 Å². The van der Waals surface area contributed by atoms with Crippen LogP contribution < -0.4 is 21.1 Å². The van der Waals surface area contributed by atoms with Gasteiger partial charge in [-0.15, -0.1) is 0 Å². The molecule has 3 heterocycles. The molecule has 3 N–H and O–H groups in total. The summed E-state index contributed by atoms with van der Waals surface area (Å²) >= 11 is 6.52. The number of nitrogens with one attached hydrogen (secondary N) is 3. The van der Waals surface area contributed by atoms with Gasteiger partial charge >= 0.3 is 0 Å². The Morgan fingerprint density at radius 2 is 1.94 bits per heavy atom. The van der Waals surface area contributed by atoms with Gasteiger partial charge in [0.15, 0.2) is 0 Å². The normalized spacial score (nSPS) is 16.2. The van der Waals surface area contributed by atoms with E-state index in [0.717, 1.165) is 80.0 Å². The van der Waals surface area contributed by atoms with Crippen LogP contribution in [0.15, 0.2) is 41.2 Å². The van der Waals surface area contributed by atoms with Crippen molar-refractivity contribution in [2.24, 2.45) is 0 Å². The summed E-state index contributed by atoms with van der Waals surface area (Å²) in [5, 5.41) is 7.92. The van der Waals surface area contributed by atoms with Gasteiger partial charge in [-0.25, -0.2) is 0 Å². The SMILES string of the molecule is CCNC(=O)c1ccc(N2CCN(Cc3ccc4c5c(c(=O)[nH]c4c3)CCCN5)CC2)c(Cl)c1. The zero-order chi connectivity index (χ0) is 23.7. The average molecular weight is 480 g/mol. The van der Waals surface area contributed by atoms with Crippen LogP contribution in [0.4, 0.5) is 11.4 Å². The number of pyridine rings is 1. The number of hydrogen-bond donors (Lipinski definition) is 3. The second-order valence-corrected chi connectivity index (χ2v) is 9.41. The molecule has 0 atom stereocenters. The molecule has 0 spiro atoms. The molecule has 0 unspecified atom stereocenters. The lowest BCUT2D eigenvalue weighted by Crippen LogP contribution is -2.46. The highest BCUT2D eigenvalue weighted by atomic mass is 35.5. The van der Waals surface area contributed by atoms with Crippen molar-refractivity contribution in [3.05, 3.63) is 68.5 Å². The number of aromatic nitrogens is 1. The van der Waals surface area contributed by atoms with Gasteiger partial charge in [-0.05, 0) is 49.6 Å². The number of aromatic amines is 1. The number of benzene rings is 2. The van der Waals surface area contributed by atoms with Crippen molar-refractivity contribution in [3.63, 3.8) is 0 Å². The topological polar surface area (TPSA) is 80.5 Å². The van der Waals surface area contributed by atoms with Crippen LogP contribution in [0.3, 0.4) is 0 Å². The Bertz CT molecular complexity index is 1280. The van der Waals surface area contributed by atoms with E-state index < -0.39 is 0 Å². The van der Waals surface area contributed by atoms with E-state index >= 15 is 0 Å². The fraction of sp³-hybridized carbons (Fsp3) is 0.385. The maximum Gasteiger partial charge on any atom is 0.253 e. The summed E-state index contributed by atoms with van der Waals surface area (Å²) in [7, 11) is 0. The molecule has 1 saturated heterocycles. The summed E-state index contributed by atoms with van der Waals surface area (Å²) in [6, 6.07) is 11.9. The van der Waals surface area contributed by atoms with Gasteiger partial charge in [0, 0.05) is 62.3 Å². The number of hydrogen-bond acceptors (Lipinski definition) is 5. The van der Waals surface area contributed by atoms with Gasteiger partial charge < -0.3 is 20.5 Å². The molecule has 2 aliphatic rings. The standard InChI is InChI=1S/C26H30ClN5O2/c1-2-28-25(33)18-6-8-23(21(27)15-18)32-12-10-31(11-13-32)16-17-5-7-19-22(14-17)30-26(34)20-4-3-9-29-24(19)20/h5-8,14-15,29H,2-4,9-13,16H2,1H3,(H,28,33)(H,30,34). The number of carbonyl (C=O) groups is 1. The van der Waals surface area contributed by atoms with Gasteiger partial charge in [0.2, 0.25) is 0 Å². The van der Waals surface area contributed by atoms with Gasteiger partial charge in [-0.2, -0.15) is 0 Å². The maximum atomic E-state index is 12.5. The van der Waals surface area contributed by atoms with E-state index in [2.05, 4.69) is 43.6 Å². The first-order valence-corrected chi connectivity index (χ1v) is 12.4. The molecule has 2 aromatic carbocycles. The molecule has 2 aliphatic heterocycles. The van der Waals surface area contributed by atoms with E-state index in [1.165, 1.54) is 5.56 Å². The van der Waals surface area contributed by atoms with Crippen molar-refractivity contribution >= 4 is 39.8 Å². The molecular weight excluding hydrogens is 450 g/mol. The summed E-state index contributed by atoms with van der Waals surface area (Å²) in [5.41, 5.74) is 5.54. The van der Waals surface area contributed by atoms with Gasteiger partial charge in [-0.3, -0.25) is 14.5 Å². The van der Waals surface area contributed by atoms with Crippen LogP contribution in [0, 0.1) is 0 Å². The highest BCUT2D eigenvalue weighted by Gasteiger charge is 2.21. The van der Waals surface area contributed by atoms with E-state index in [-0.39, 0.29) is 11.5 Å². The molecule has 34 heavy (non-hydrogen) atoms. The molecule has 8 heteroatoms. The van der Waals surface area contributed by atoms with Crippen molar-refractivity contribution in [1.82, 2.24) is 15.2 Å². The smallest absolute Gasteiger partial charge is 0.253 e. The monoisotopic (exact) mass is 479 g/mol. The van der Waals surface area contributed by atoms with E-state index in [4.69, 9.17) is 11.6 Å². The fourth-order valence-electron chi connectivity index (χ4n) is 4.98. The van der Waals surface area contributed by atoms with Crippen LogP contribution >= 0.6 is 11.6 Å². The summed E-state index contributed by atoms with van der Waals surface area (Å²) in [4.78, 5) is 32.4. The van der Waals surface area contributed by atoms with Crippen LogP contribution in [0.1, 0.15) is 34.8 Å². The number of carbonyl (C=O) groups excluding carboxylic acids is 1. The van der Waals surface area contributed by atoms with Crippen molar-refractivity contribution < 1.29 is 4.79 Å². The summed E-state index contributed by atoms with van der Waals surface area (Å²) in [5.74, 6) is -0.103. The van der Waals surface area contributed by atoms with Crippen molar-refractivity contribution in [1.29, 1.82) is 0 Å². The molecule has 1 amide bonds. The Balaban J connectivity index is 1.25. The molecular formula is C26H30ClN5O2. The van der Waals surface area contributed by atoms with E-state index in [0.29, 0.717) is 17.1 Å². The third-order valence-corrected chi connectivity index (χ3v) is 7.05. The van der Waals surface area contributed by atoms with Crippen molar-refractivity contribution in [2.45, 2.75) is 26.3 Å². The number of halogens is 1. The number of H-pyrrole nitrogens is 1. The van der Waals surface area contributed by atoms with Crippen molar-refractivity contribution in [3.8, 4) is 0 Å². The number of amides is 1. The first kappa shape index (κ1) is 22.7. The number of fused-ring (bicyclic) bond motifs is 3. The van der Waals surface area contributed by atoms with Gasteiger partial charge in [-0.1, -0.05) is 23.7 Å². The second-order valence-electron chi connectivity index (χ2n) is 9.01. The van der Waals surface area contributed by atoms with E-state index in [1.807, 2.05) is 19.1 Å². The lowest BCUT2D eigenvalue weighted by Gasteiger charge is -2.36. The Morgan fingerprint density at radius 3 is 2.71 bits per heavy atom. The number of rotatable bonds is 5. The Kier molecular flexibility index (Phi) is 6.48. The van der Waals surface area contributed by atoms with E-state index in [1.54, 1.807) is 6.07 Å². The molecule has 1 fully saturated rings. The van der Waals surface area contributed by atoms with Gasteiger partial charge in [0.25, 0.3) is 11.5 Å². The zero-order valence-electron chi connectivity index (χ0n) is 19.4. The molecule has 5 rings (SSSR count). The molecule has 7 nitrogen and oxygen atoms in total. The quantitative estimate of drug-likeness (QED) is 0.521. The van der Waals surface area contributed by atoms with Gasteiger partial charge in [0.1, 0.15) is 0 Å². The molecule has 3 aromatic rings. The largest absolute Gasteiger partial charge is 0.384 e. The highest BCUT2D eigenvalue weighted by Crippen LogP contribution is 2.30. The molecule has 1 aromatic heterocycles. The third kappa shape index (κ3) is 4.50.